The third-order valence-corrected chi connectivity index (χ3v) is 9.91. The van der Waals surface area contributed by atoms with Crippen LogP contribution < -0.4 is 9.21 Å². The second-order valence-electron chi connectivity index (χ2n) is 9.66. The number of nitrogens with zero attached hydrogens (tertiary/aromatic N) is 9. The molecular formula is C28H28FN9O2S2. The first-order valence-corrected chi connectivity index (χ1v) is 16.0. The number of thiazole rings is 1. The molecule has 6 rings (SSSR count). The fourth-order valence-electron chi connectivity index (χ4n) is 4.94. The van der Waals surface area contributed by atoms with Crippen LogP contribution in [0.1, 0.15) is 31.6 Å². The summed E-state index contributed by atoms with van der Waals surface area (Å²) in [5, 5.41) is 15.2. The maximum atomic E-state index is 13.5. The maximum absolute atomic E-state index is 13.5. The summed E-state index contributed by atoms with van der Waals surface area (Å²) in [4.78, 5) is 21.0. The number of aryl methyl sites for hydroxylation is 1. The molecule has 0 saturated carbocycles. The fraction of sp³-hybridized carbons (Fsp3) is 0.286. The molecule has 0 amide bonds. The third-order valence-electron chi connectivity index (χ3n) is 7.04. The van der Waals surface area contributed by atoms with Gasteiger partial charge in [0.25, 0.3) is 0 Å². The fourth-order valence-corrected chi connectivity index (χ4v) is 7.48. The van der Waals surface area contributed by atoms with Crippen molar-refractivity contribution in [2.45, 2.75) is 33.2 Å². The van der Waals surface area contributed by atoms with Crippen molar-refractivity contribution in [2.24, 2.45) is 0 Å². The molecule has 1 aromatic carbocycles. The SMILES string of the molecule is CCN(c1nc(-c2ccc(F)cc2)c(C#N)s1)c1c2nc(-c3cnc(N4CCCCS4(O)O)nc3)ccc2nn1CC. The summed E-state index contributed by atoms with van der Waals surface area (Å²) in [6.07, 6.45) is 4.88. The van der Waals surface area contributed by atoms with Gasteiger partial charge >= 0.3 is 0 Å². The molecule has 1 saturated heterocycles. The predicted molar refractivity (Wildman–Crippen MR) is 163 cm³/mol. The first-order valence-electron chi connectivity index (χ1n) is 13.5. The van der Waals surface area contributed by atoms with Crippen LogP contribution in [0.3, 0.4) is 0 Å². The first kappa shape index (κ1) is 28.0. The highest BCUT2D eigenvalue weighted by Crippen LogP contribution is 2.48. The first-order chi connectivity index (χ1) is 20.3. The predicted octanol–water partition coefficient (Wildman–Crippen LogP) is 6.47. The van der Waals surface area contributed by atoms with Crippen LogP contribution >= 0.6 is 22.1 Å². The van der Waals surface area contributed by atoms with E-state index in [9.17, 15) is 18.8 Å². The van der Waals surface area contributed by atoms with Crippen LogP contribution in [0.5, 0.6) is 0 Å². The number of halogens is 1. The Balaban J connectivity index is 1.39. The number of nitriles is 1. The lowest BCUT2D eigenvalue weighted by Crippen LogP contribution is -2.35. The van der Waals surface area contributed by atoms with Gasteiger partial charge in [0.2, 0.25) is 5.95 Å². The Morgan fingerprint density at radius 1 is 1.05 bits per heavy atom. The Hall–Kier alpha value is -4.16. The lowest BCUT2D eigenvalue weighted by molar-refractivity contribution is 0.466. The normalized spacial score (nSPS) is 15.5. The minimum absolute atomic E-state index is 0.283. The van der Waals surface area contributed by atoms with Gasteiger partial charge in [-0.1, -0.05) is 11.3 Å². The van der Waals surface area contributed by atoms with Crippen LogP contribution in [0.25, 0.3) is 33.5 Å². The lowest BCUT2D eigenvalue weighted by atomic mass is 10.1. The van der Waals surface area contributed by atoms with Gasteiger partial charge in [-0.2, -0.15) is 10.4 Å². The lowest BCUT2D eigenvalue weighted by Gasteiger charge is -2.45. The zero-order valence-electron chi connectivity index (χ0n) is 23.0. The van der Waals surface area contributed by atoms with E-state index in [-0.39, 0.29) is 11.8 Å². The van der Waals surface area contributed by atoms with Crippen molar-refractivity contribution in [2.75, 3.05) is 28.0 Å². The highest BCUT2D eigenvalue weighted by Gasteiger charge is 2.29. The molecule has 1 aliphatic heterocycles. The second-order valence-corrected chi connectivity index (χ2v) is 12.7. The molecule has 1 fully saturated rings. The van der Waals surface area contributed by atoms with E-state index >= 15 is 0 Å². The molecule has 4 aromatic heterocycles. The topological polar surface area (TPSA) is 140 Å². The minimum atomic E-state index is -2.92. The van der Waals surface area contributed by atoms with Gasteiger partial charge in [-0.3, -0.25) is 9.11 Å². The van der Waals surface area contributed by atoms with Gasteiger partial charge in [0.1, 0.15) is 33.5 Å². The molecule has 5 aromatic rings. The van der Waals surface area contributed by atoms with Gasteiger partial charge < -0.3 is 4.90 Å². The summed E-state index contributed by atoms with van der Waals surface area (Å²) in [5.74, 6) is 0.978. The number of rotatable bonds is 7. The molecule has 11 nitrogen and oxygen atoms in total. The zero-order valence-corrected chi connectivity index (χ0v) is 24.6. The van der Waals surface area contributed by atoms with Crippen molar-refractivity contribution >= 4 is 50.0 Å². The van der Waals surface area contributed by atoms with E-state index in [1.807, 2.05) is 35.6 Å². The molecule has 0 bridgehead atoms. The van der Waals surface area contributed by atoms with Crippen molar-refractivity contribution in [1.82, 2.24) is 29.7 Å². The number of anilines is 3. The zero-order chi connectivity index (χ0) is 29.4. The molecule has 216 valence electrons. The van der Waals surface area contributed by atoms with E-state index in [0.29, 0.717) is 68.9 Å². The number of pyridine rings is 1. The number of aromatic nitrogens is 6. The summed E-state index contributed by atoms with van der Waals surface area (Å²) in [5.41, 5.74) is 3.82. The Kier molecular flexibility index (Phi) is 7.50. The van der Waals surface area contributed by atoms with Gasteiger partial charge in [-0.05, 0) is 63.1 Å². The van der Waals surface area contributed by atoms with E-state index in [1.54, 1.807) is 24.5 Å². The molecule has 0 atom stereocenters. The molecule has 0 aliphatic carbocycles. The van der Waals surface area contributed by atoms with Crippen LogP contribution in [0.15, 0.2) is 48.8 Å². The number of fused-ring (bicyclic) bond motifs is 1. The average molecular weight is 606 g/mol. The van der Waals surface area contributed by atoms with Crippen molar-refractivity contribution in [1.29, 1.82) is 5.26 Å². The molecular weight excluding hydrogens is 578 g/mol. The van der Waals surface area contributed by atoms with Gasteiger partial charge in [-0.15, -0.1) is 10.8 Å². The van der Waals surface area contributed by atoms with Crippen molar-refractivity contribution in [3.63, 3.8) is 0 Å². The molecule has 5 heterocycles. The smallest absolute Gasteiger partial charge is 0.243 e. The van der Waals surface area contributed by atoms with E-state index in [0.717, 1.165) is 18.7 Å². The van der Waals surface area contributed by atoms with Gasteiger partial charge in [0.05, 0.1) is 11.4 Å². The van der Waals surface area contributed by atoms with Crippen LogP contribution in [-0.2, 0) is 6.54 Å². The Morgan fingerprint density at radius 2 is 1.81 bits per heavy atom. The van der Waals surface area contributed by atoms with E-state index in [4.69, 9.17) is 15.1 Å². The van der Waals surface area contributed by atoms with Gasteiger partial charge in [0, 0.05) is 43.2 Å². The molecule has 1 aliphatic rings. The van der Waals surface area contributed by atoms with E-state index in [1.165, 1.54) is 27.8 Å². The molecule has 14 heteroatoms. The Labute approximate surface area is 247 Å². The molecule has 0 spiro atoms. The summed E-state index contributed by atoms with van der Waals surface area (Å²) < 4.78 is 37.8. The molecule has 0 radical (unpaired) electrons. The van der Waals surface area contributed by atoms with Crippen LogP contribution in [-0.4, -0.2) is 57.7 Å². The highest BCUT2D eigenvalue weighted by molar-refractivity contribution is 8.25. The van der Waals surface area contributed by atoms with Crippen LogP contribution in [0.4, 0.5) is 21.3 Å². The standard InChI is InChI=1S/C28H28FN9O2S2/c1-3-36(28-34-24(23(15-30)41-28)18-7-9-20(29)10-8-18)26-25-22(35-37(26)4-2)12-11-21(33-25)19-16-31-27(32-17-19)38-13-5-6-14-42(38,39)40/h7-12,16-17,39-40H,3-6,13-14H2,1-2H3. The molecule has 2 N–H and O–H groups in total. The number of hydrogen-bond acceptors (Lipinski definition) is 11. The number of hydrogen-bond donors (Lipinski definition) is 2. The summed E-state index contributed by atoms with van der Waals surface area (Å²) >= 11 is 1.26. The largest absolute Gasteiger partial charge is 0.301 e. The minimum Gasteiger partial charge on any atom is -0.301 e. The Bertz CT molecular complexity index is 1780. The van der Waals surface area contributed by atoms with Crippen LogP contribution in [0.2, 0.25) is 0 Å². The summed E-state index contributed by atoms with van der Waals surface area (Å²) in [7, 11) is -2.92. The number of benzene rings is 1. The molecule has 42 heavy (non-hydrogen) atoms. The summed E-state index contributed by atoms with van der Waals surface area (Å²) in [6, 6.07) is 11.9. The van der Waals surface area contributed by atoms with Crippen molar-refractivity contribution < 1.29 is 13.5 Å². The maximum Gasteiger partial charge on any atom is 0.243 e. The highest BCUT2D eigenvalue weighted by atomic mass is 32.3. The monoisotopic (exact) mass is 605 g/mol. The van der Waals surface area contributed by atoms with E-state index in [2.05, 4.69) is 16.0 Å². The van der Waals surface area contributed by atoms with E-state index < -0.39 is 10.8 Å². The quantitative estimate of drug-likeness (QED) is 0.212. The van der Waals surface area contributed by atoms with Gasteiger partial charge in [0.15, 0.2) is 10.9 Å². The van der Waals surface area contributed by atoms with Crippen LogP contribution in [0, 0.1) is 17.1 Å². The third kappa shape index (κ3) is 5.05. The molecule has 0 unspecified atom stereocenters. The average Bonchev–Trinajstić information content (AvgIpc) is 3.59. The second kappa shape index (κ2) is 11.3. The van der Waals surface area contributed by atoms with Gasteiger partial charge in [-0.25, -0.2) is 33.3 Å². The van der Waals surface area contributed by atoms with Crippen molar-refractivity contribution in [3.8, 4) is 28.6 Å². The Morgan fingerprint density at radius 3 is 2.48 bits per heavy atom. The summed E-state index contributed by atoms with van der Waals surface area (Å²) in [6.45, 7) is 5.59. The van der Waals surface area contributed by atoms with Crippen molar-refractivity contribution in [3.05, 3.63) is 59.5 Å².